The number of carbonyl (C=O) groups is 1. The molecule has 0 fully saturated rings. The third-order valence-electron chi connectivity index (χ3n) is 4.40. The molecule has 0 aliphatic carbocycles. The molecule has 0 atom stereocenters. The van der Waals surface area contributed by atoms with Crippen LogP contribution in [0, 0.1) is 6.92 Å². The maximum absolute atomic E-state index is 12.9. The second-order valence-corrected chi connectivity index (χ2v) is 6.58. The Hall–Kier alpha value is -2.79. The van der Waals surface area contributed by atoms with E-state index in [4.69, 9.17) is 16.3 Å². The van der Waals surface area contributed by atoms with Gasteiger partial charge in [0.2, 0.25) is 0 Å². The van der Waals surface area contributed by atoms with Gasteiger partial charge >= 0.3 is 6.03 Å². The molecule has 4 rings (SSSR count). The largest absolute Gasteiger partial charge is 0.487 e. The van der Waals surface area contributed by atoms with E-state index in [-0.39, 0.29) is 12.6 Å². The lowest BCUT2D eigenvalue weighted by Crippen LogP contribution is -2.41. The zero-order chi connectivity index (χ0) is 18.1. The monoisotopic (exact) mass is 367 g/mol. The van der Waals surface area contributed by atoms with E-state index in [9.17, 15) is 4.79 Å². The smallest absolute Gasteiger partial charge is 0.335 e. The lowest BCUT2D eigenvalue weighted by atomic mass is 10.2. The van der Waals surface area contributed by atoms with Gasteiger partial charge in [-0.3, -0.25) is 4.90 Å². The number of hydrogen-bond donors (Lipinski definition) is 0. The third-order valence-corrected chi connectivity index (χ3v) is 4.79. The van der Waals surface area contributed by atoms with E-state index in [2.05, 4.69) is 4.98 Å². The Balaban J connectivity index is 1.57. The first-order valence-corrected chi connectivity index (χ1v) is 8.83. The molecule has 26 heavy (non-hydrogen) atoms. The highest BCUT2D eigenvalue weighted by atomic mass is 35.5. The summed E-state index contributed by atoms with van der Waals surface area (Å²) >= 11 is 6.45. The minimum atomic E-state index is -0.182. The summed E-state index contributed by atoms with van der Waals surface area (Å²) in [5, 5.41) is 0.317. The molecule has 132 valence electrons. The molecule has 0 radical (unpaired) electrons. The second-order valence-electron chi connectivity index (χ2n) is 6.22. The van der Waals surface area contributed by atoms with E-state index in [0.29, 0.717) is 29.6 Å². The molecule has 0 bridgehead atoms. The van der Waals surface area contributed by atoms with Gasteiger partial charge in [-0.05, 0) is 31.2 Å². The van der Waals surface area contributed by atoms with Crippen LogP contribution in [-0.4, -0.2) is 22.1 Å². The van der Waals surface area contributed by atoms with E-state index < -0.39 is 0 Å². The standard InChI is InChI=1S/C20H18ClN3O2/c1-14-7-9-15(10-8-14)23-12-11-18-22-17(19(21)24(18)20(23)25)13-26-16-5-3-2-4-6-16/h2-10H,11-13H2,1H3. The highest BCUT2D eigenvalue weighted by Gasteiger charge is 2.30. The number of carbonyl (C=O) groups excluding carboxylic acids is 1. The minimum Gasteiger partial charge on any atom is -0.487 e. The number of hydrogen-bond acceptors (Lipinski definition) is 3. The van der Waals surface area contributed by atoms with Crippen LogP contribution < -0.4 is 9.64 Å². The van der Waals surface area contributed by atoms with Crippen LogP contribution in [0.15, 0.2) is 54.6 Å². The summed E-state index contributed by atoms with van der Waals surface area (Å²) < 4.78 is 7.21. The minimum absolute atomic E-state index is 0.182. The fourth-order valence-corrected chi connectivity index (χ4v) is 3.28. The number of aromatic nitrogens is 2. The molecule has 0 unspecified atom stereocenters. The first kappa shape index (κ1) is 16.7. The fraction of sp³-hybridized carbons (Fsp3) is 0.200. The molecule has 2 aromatic carbocycles. The van der Waals surface area contributed by atoms with E-state index in [0.717, 1.165) is 17.0 Å². The predicted molar refractivity (Wildman–Crippen MR) is 101 cm³/mol. The summed E-state index contributed by atoms with van der Waals surface area (Å²) in [5.41, 5.74) is 2.59. The van der Waals surface area contributed by atoms with Gasteiger partial charge in [-0.25, -0.2) is 14.3 Å². The maximum Gasteiger partial charge on any atom is 0.335 e. The van der Waals surface area contributed by atoms with Crippen molar-refractivity contribution in [1.82, 2.24) is 9.55 Å². The molecular weight excluding hydrogens is 350 g/mol. The van der Waals surface area contributed by atoms with Gasteiger partial charge < -0.3 is 4.74 Å². The summed E-state index contributed by atoms with van der Waals surface area (Å²) in [6.07, 6.45) is 0.644. The number of rotatable bonds is 4. The molecule has 0 spiro atoms. The Bertz CT molecular complexity index is 936. The summed E-state index contributed by atoms with van der Waals surface area (Å²) in [4.78, 5) is 19.2. The molecule has 3 aromatic rings. The number of fused-ring (bicyclic) bond motifs is 1. The lowest BCUT2D eigenvalue weighted by Gasteiger charge is -2.27. The Morgan fingerprint density at radius 1 is 1.12 bits per heavy atom. The third kappa shape index (κ3) is 3.06. The lowest BCUT2D eigenvalue weighted by molar-refractivity contribution is 0.245. The summed E-state index contributed by atoms with van der Waals surface area (Å²) in [5.74, 6) is 1.41. The van der Waals surface area contributed by atoms with Crippen molar-refractivity contribution in [3.8, 4) is 5.75 Å². The van der Waals surface area contributed by atoms with Crippen LogP contribution in [0.4, 0.5) is 10.5 Å². The number of nitrogens with zero attached hydrogens (tertiary/aromatic N) is 3. The number of amides is 1. The van der Waals surface area contributed by atoms with Crippen molar-refractivity contribution in [3.05, 3.63) is 76.8 Å². The second kappa shape index (κ2) is 6.84. The predicted octanol–water partition coefficient (Wildman–Crippen LogP) is 4.45. The highest BCUT2D eigenvalue weighted by molar-refractivity contribution is 6.31. The van der Waals surface area contributed by atoms with Crippen molar-refractivity contribution < 1.29 is 9.53 Å². The molecule has 0 saturated carbocycles. The Morgan fingerprint density at radius 3 is 2.58 bits per heavy atom. The molecule has 0 N–H and O–H groups in total. The summed E-state index contributed by atoms with van der Waals surface area (Å²) in [6.45, 7) is 2.82. The molecule has 1 aliphatic heterocycles. The van der Waals surface area contributed by atoms with Crippen molar-refractivity contribution in [2.45, 2.75) is 20.0 Å². The first-order valence-electron chi connectivity index (χ1n) is 8.46. The molecule has 1 aromatic heterocycles. The fourth-order valence-electron chi connectivity index (χ4n) is 3.01. The Kier molecular flexibility index (Phi) is 4.39. The van der Waals surface area contributed by atoms with Crippen LogP contribution in [0.5, 0.6) is 5.75 Å². The van der Waals surface area contributed by atoms with Crippen LogP contribution >= 0.6 is 11.6 Å². The van der Waals surface area contributed by atoms with Gasteiger partial charge in [-0.15, -0.1) is 0 Å². The van der Waals surface area contributed by atoms with Crippen LogP contribution in [0.2, 0.25) is 5.15 Å². The van der Waals surface area contributed by atoms with Crippen LogP contribution in [-0.2, 0) is 13.0 Å². The molecule has 5 nitrogen and oxygen atoms in total. The van der Waals surface area contributed by atoms with Gasteiger partial charge in [0.15, 0.2) is 0 Å². The molecule has 2 heterocycles. The van der Waals surface area contributed by atoms with Crippen molar-refractivity contribution in [3.63, 3.8) is 0 Å². The number of anilines is 1. The average molecular weight is 368 g/mol. The maximum atomic E-state index is 12.9. The zero-order valence-corrected chi connectivity index (χ0v) is 15.1. The van der Waals surface area contributed by atoms with Crippen LogP contribution in [0.25, 0.3) is 0 Å². The number of para-hydroxylation sites is 1. The Labute approximate surface area is 156 Å². The summed E-state index contributed by atoms with van der Waals surface area (Å²) in [6, 6.07) is 17.2. The zero-order valence-electron chi connectivity index (χ0n) is 14.4. The number of ether oxygens (including phenoxy) is 1. The van der Waals surface area contributed by atoms with Gasteiger partial charge in [0, 0.05) is 18.7 Å². The number of benzene rings is 2. The topological polar surface area (TPSA) is 47.4 Å². The molecule has 6 heteroatoms. The van der Waals surface area contributed by atoms with E-state index in [1.165, 1.54) is 4.57 Å². The number of imidazole rings is 1. The van der Waals surface area contributed by atoms with Crippen molar-refractivity contribution in [1.29, 1.82) is 0 Å². The van der Waals surface area contributed by atoms with E-state index in [1.54, 1.807) is 4.90 Å². The van der Waals surface area contributed by atoms with Crippen LogP contribution in [0.3, 0.4) is 0 Å². The molecule has 1 aliphatic rings. The van der Waals surface area contributed by atoms with Gasteiger partial charge in [-0.2, -0.15) is 0 Å². The van der Waals surface area contributed by atoms with Gasteiger partial charge in [0.1, 0.15) is 29.0 Å². The number of aryl methyl sites for hydroxylation is 1. The van der Waals surface area contributed by atoms with Crippen molar-refractivity contribution in [2.75, 3.05) is 11.4 Å². The van der Waals surface area contributed by atoms with E-state index in [1.807, 2.05) is 61.5 Å². The van der Waals surface area contributed by atoms with Gasteiger partial charge in [0.05, 0.1) is 0 Å². The average Bonchev–Trinajstić information content (AvgIpc) is 2.99. The SMILES string of the molecule is Cc1ccc(N2CCc3nc(COc4ccccc4)c(Cl)n3C2=O)cc1. The van der Waals surface area contributed by atoms with Gasteiger partial charge in [-0.1, -0.05) is 47.5 Å². The summed E-state index contributed by atoms with van der Waals surface area (Å²) in [7, 11) is 0. The van der Waals surface area contributed by atoms with Gasteiger partial charge in [0.25, 0.3) is 0 Å². The van der Waals surface area contributed by atoms with E-state index >= 15 is 0 Å². The normalized spacial score (nSPS) is 13.6. The quantitative estimate of drug-likeness (QED) is 0.684. The molecular formula is C20H18ClN3O2. The highest BCUT2D eigenvalue weighted by Crippen LogP contribution is 2.27. The number of halogens is 1. The van der Waals surface area contributed by atoms with Crippen molar-refractivity contribution >= 4 is 23.3 Å². The molecule has 1 amide bonds. The molecule has 0 saturated heterocycles. The Morgan fingerprint density at radius 2 is 1.85 bits per heavy atom. The first-order chi connectivity index (χ1) is 12.6. The van der Waals surface area contributed by atoms with Crippen molar-refractivity contribution in [2.24, 2.45) is 0 Å². The van der Waals surface area contributed by atoms with Crippen LogP contribution in [0.1, 0.15) is 17.1 Å².